The van der Waals surface area contributed by atoms with Gasteiger partial charge in [-0.15, -0.1) is 11.3 Å². The monoisotopic (exact) mass is 196 g/mol. The smallest absolute Gasteiger partial charge is 0.245 e. The third kappa shape index (κ3) is 1.59. The number of nitrogens with two attached hydrogens (primary N) is 1. The van der Waals surface area contributed by atoms with Crippen molar-refractivity contribution in [3.05, 3.63) is 17.0 Å². The maximum absolute atomic E-state index is 11.5. The van der Waals surface area contributed by atoms with Crippen LogP contribution in [0.4, 0.5) is 5.00 Å². The minimum atomic E-state index is -0.573. The van der Waals surface area contributed by atoms with E-state index in [1.807, 2.05) is 18.4 Å². The van der Waals surface area contributed by atoms with Crippen molar-refractivity contribution in [2.75, 3.05) is 5.32 Å². The second-order valence-corrected chi connectivity index (χ2v) is 4.46. The van der Waals surface area contributed by atoms with Crippen LogP contribution in [-0.4, -0.2) is 11.4 Å². The molecule has 4 heteroatoms. The van der Waals surface area contributed by atoms with Crippen LogP contribution in [0.1, 0.15) is 18.4 Å². The Labute approximate surface area is 80.9 Å². The fourth-order valence-corrected chi connectivity index (χ4v) is 1.90. The molecule has 3 N–H and O–H groups in total. The summed E-state index contributed by atoms with van der Waals surface area (Å²) in [5.74, 6) is -0.0435. The van der Waals surface area contributed by atoms with E-state index in [1.54, 1.807) is 0 Å². The highest BCUT2D eigenvalue weighted by Crippen LogP contribution is 2.34. The lowest BCUT2D eigenvalue weighted by Gasteiger charge is -2.08. The molecule has 1 heterocycles. The summed E-state index contributed by atoms with van der Waals surface area (Å²) >= 11 is 1.53. The van der Waals surface area contributed by atoms with Crippen molar-refractivity contribution in [2.24, 2.45) is 5.73 Å². The van der Waals surface area contributed by atoms with Gasteiger partial charge in [-0.3, -0.25) is 4.79 Å². The molecule has 0 saturated heterocycles. The first-order valence-corrected chi connectivity index (χ1v) is 5.14. The van der Waals surface area contributed by atoms with Gasteiger partial charge in [0.1, 0.15) is 0 Å². The van der Waals surface area contributed by atoms with Gasteiger partial charge in [0.2, 0.25) is 5.91 Å². The van der Waals surface area contributed by atoms with Gasteiger partial charge in [-0.2, -0.15) is 0 Å². The summed E-state index contributed by atoms with van der Waals surface area (Å²) in [4.78, 5) is 11.5. The van der Waals surface area contributed by atoms with Gasteiger partial charge < -0.3 is 11.1 Å². The van der Waals surface area contributed by atoms with Crippen LogP contribution in [0.3, 0.4) is 0 Å². The van der Waals surface area contributed by atoms with Crippen LogP contribution < -0.4 is 11.1 Å². The predicted molar refractivity (Wildman–Crippen MR) is 53.8 cm³/mol. The first-order valence-electron chi connectivity index (χ1n) is 4.26. The van der Waals surface area contributed by atoms with Gasteiger partial charge in [0.25, 0.3) is 0 Å². The lowest BCUT2D eigenvalue weighted by Crippen LogP contribution is -2.37. The molecule has 2 rings (SSSR count). The SMILES string of the molecule is Cc1ccsc1NC(=O)C1(N)CC1. The van der Waals surface area contributed by atoms with Crippen LogP contribution in [0, 0.1) is 6.92 Å². The van der Waals surface area contributed by atoms with Crippen LogP contribution in [-0.2, 0) is 4.79 Å². The number of aryl methyl sites for hydroxylation is 1. The second-order valence-electron chi connectivity index (χ2n) is 3.54. The van der Waals surface area contributed by atoms with Crippen LogP contribution >= 0.6 is 11.3 Å². The quantitative estimate of drug-likeness (QED) is 0.753. The number of thiophene rings is 1. The van der Waals surface area contributed by atoms with Crippen molar-refractivity contribution in [2.45, 2.75) is 25.3 Å². The Hall–Kier alpha value is -0.870. The zero-order chi connectivity index (χ0) is 9.47. The largest absolute Gasteiger partial charge is 0.317 e. The van der Waals surface area contributed by atoms with Crippen molar-refractivity contribution in [1.29, 1.82) is 0 Å². The zero-order valence-corrected chi connectivity index (χ0v) is 8.28. The average Bonchev–Trinajstić information content (AvgIpc) is 2.72. The van der Waals surface area contributed by atoms with E-state index in [2.05, 4.69) is 5.32 Å². The summed E-state index contributed by atoms with van der Waals surface area (Å²) in [5.41, 5.74) is 6.28. The maximum atomic E-state index is 11.5. The average molecular weight is 196 g/mol. The molecule has 0 aliphatic heterocycles. The van der Waals surface area contributed by atoms with Gasteiger partial charge in [0, 0.05) is 0 Å². The van der Waals surface area contributed by atoms with E-state index in [0.29, 0.717) is 0 Å². The standard InChI is InChI=1S/C9H12N2OS/c1-6-2-5-13-7(6)11-8(12)9(10)3-4-9/h2,5H,3-4,10H2,1H3,(H,11,12). The second kappa shape index (κ2) is 2.82. The van der Waals surface area contributed by atoms with Gasteiger partial charge >= 0.3 is 0 Å². The van der Waals surface area contributed by atoms with E-state index in [0.717, 1.165) is 23.4 Å². The first kappa shape index (κ1) is 8.72. The van der Waals surface area contributed by atoms with Crippen molar-refractivity contribution in [3.63, 3.8) is 0 Å². The number of nitrogens with one attached hydrogen (secondary N) is 1. The van der Waals surface area contributed by atoms with Crippen molar-refractivity contribution in [1.82, 2.24) is 0 Å². The van der Waals surface area contributed by atoms with E-state index in [1.165, 1.54) is 11.3 Å². The molecule has 1 aromatic heterocycles. The van der Waals surface area contributed by atoms with Crippen LogP contribution in [0.15, 0.2) is 11.4 Å². The normalized spacial score (nSPS) is 18.3. The van der Waals surface area contributed by atoms with Crippen molar-refractivity contribution < 1.29 is 4.79 Å². The van der Waals surface area contributed by atoms with Crippen LogP contribution in [0.25, 0.3) is 0 Å². The van der Waals surface area contributed by atoms with E-state index < -0.39 is 5.54 Å². The van der Waals surface area contributed by atoms with Gasteiger partial charge in [-0.1, -0.05) is 0 Å². The number of carbonyl (C=O) groups excluding carboxylic acids is 1. The van der Waals surface area contributed by atoms with Gasteiger partial charge in [-0.25, -0.2) is 0 Å². The highest BCUT2D eigenvalue weighted by molar-refractivity contribution is 7.14. The fraction of sp³-hybridized carbons (Fsp3) is 0.444. The molecule has 1 aromatic rings. The zero-order valence-electron chi connectivity index (χ0n) is 7.46. The molecule has 0 unspecified atom stereocenters. The number of anilines is 1. The van der Waals surface area contributed by atoms with Crippen molar-refractivity contribution in [3.8, 4) is 0 Å². The van der Waals surface area contributed by atoms with Crippen LogP contribution in [0.5, 0.6) is 0 Å². The molecule has 1 saturated carbocycles. The molecule has 0 radical (unpaired) electrons. The number of rotatable bonds is 2. The summed E-state index contributed by atoms with van der Waals surface area (Å²) in [6, 6.07) is 1.98. The topological polar surface area (TPSA) is 55.1 Å². The summed E-state index contributed by atoms with van der Waals surface area (Å²) in [5, 5.41) is 5.72. The Morgan fingerprint density at radius 3 is 2.85 bits per heavy atom. The van der Waals surface area contributed by atoms with Gasteiger partial charge in [0.15, 0.2) is 0 Å². The lowest BCUT2D eigenvalue weighted by molar-refractivity contribution is -0.118. The molecule has 0 bridgehead atoms. The molecule has 1 fully saturated rings. The fourth-order valence-electron chi connectivity index (χ4n) is 1.09. The Morgan fingerprint density at radius 2 is 2.38 bits per heavy atom. The van der Waals surface area contributed by atoms with Crippen molar-refractivity contribution >= 4 is 22.2 Å². The summed E-state index contributed by atoms with van der Waals surface area (Å²) in [6.07, 6.45) is 1.62. The predicted octanol–water partition coefficient (Wildman–Crippen LogP) is 1.49. The lowest BCUT2D eigenvalue weighted by atomic mass is 10.2. The molecule has 13 heavy (non-hydrogen) atoms. The molecule has 0 spiro atoms. The molecule has 0 atom stereocenters. The van der Waals surface area contributed by atoms with E-state index in [9.17, 15) is 4.79 Å². The molecular weight excluding hydrogens is 184 g/mol. The molecule has 1 aliphatic carbocycles. The number of carbonyl (C=O) groups is 1. The minimum absolute atomic E-state index is 0.0435. The Kier molecular flexibility index (Phi) is 1.89. The van der Waals surface area contributed by atoms with Gasteiger partial charge in [-0.05, 0) is 36.8 Å². The molecular formula is C9H12N2OS. The molecule has 1 aliphatic rings. The Morgan fingerprint density at radius 1 is 1.69 bits per heavy atom. The number of amides is 1. The Balaban J connectivity index is 2.06. The first-order chi connectivity index (χ1) is 6.12. The van der Waals surface area contributed by atoms with E-state index in [-0.39, 0.29) is 5.91 Å². The van der Waals surface area contributed by atoms with E-state index in [4.69, 9.17) is 5.73 Å². The third-order valence-corrected chi connectivity index (χ3v) is 3.26. The summed E-state index contributed by atoms with van der Waals surface area (Å²) in [7, 11) is 0. The molecule has 1 amide bonds. The van der Waals surface area contributed by atoms with E-state index >= 15 is 0 Å². The molecule has 70 valence electrons. The highest BCUT2D eigenvalue weighted by atomic mass is 32.1. The highest BCUT2D eigenvalue weighted by Gasteiger charge is 2.46. The number of hydrogen-bond donors (Lipinski definition) is 2. The maximum Gasteiger partial charge on any atom is 0.245 e. The molecule has 3 nitrogen and oxygen atoms in total. The minimum Gasteiger partial charge on any atom is -0.317 e. The molecule has 0 aromatic carbocycles. The number of hydrogen-bond acceptors (Lipinski definition) is 3. The summed E-state index contributed by atoms with van der Waals surface area (Å²) < 4.78 is 0. The Bertz CT molecular complexity index is 341. The summed E-state index contributed by atoms with van der Waals surface area (Å²) in [6.45, 7) is 1.97. The van der Waals surface area contributed by atoms with Gasteiger partial charge in [0.05, 0.1) is 10.5 Å². The third-order valence-electron chi connectivity index (χ3n) is 2.33. The van der Waals surface area contributed by atoms with Crippen LogP contribution in [0.2, 0.25) is 0 Å².